The van der Waals surface area contributed by atoms with Gasteiger partial charge in [0.15, 0.2) is 0 Å². The van der Waals surface area contributed by atoms with E-state index in [0.29, 0.717) is 18.0 Å². The average Bonchev–Trinajstić information content (AvgIpc) is 2.83. The fourth-order valence-corrected chi connectivity index (χ4v) is 4.82. The lowest BCUT2D eigenvalue weighted by Crippen LogP contribution is -2.29. The second-order valence-corrected chi connectivity index (χ2v) is 10.0. The Bertz CT molecular complexity index is 942. The van der Waals surface area contributed by atoms with Gasteiger partial charge in [-0.05, 0) is 70.5 Å². The molecule has 3 heterocycles. The zero-order chi connectivity index (χ0) is 23.9. The van der Waals surface area contributed by atoms with Crippen molar-refractivity contribution in [2.75, 3.05) is 30.8 Å². The Kier molecular flexibility index (Phi) is 8.51. The molecule has 1 atom stereocenters. The van der Waals surface area contributed by atoms with Crippen LogP contribution in [-0.2, 0) is 0 Å². The van der Waals surface area contributed by atoms with Gasteiger partial charge in [-0.25, -0.2) is 4.98 Å². The van der Waals surface area contributed by atoms with Crippen molar-refractivity contribution in [2.24, 2.45) is 0 Å². The third-order valence-corrected chi connectivity index (χ3v) is 6.99. The molecule has 0 aromatic carbocycles. The number of aliphatic hydroxyl groups excluding tert-OH is 1. The van der Waals surface area contributed by atoms with Crippen molar-refractivity contribution >= 4 is 17.8 Å². The van der Waals surface area contributed by atoms with Crippen LogP contribution in [0.15, 0.2) is 30.1 Å². The molecule has 7 heteroatoms. The number of nitrogens with zero attached hydrogens (tertiary/aromatic N) is 4. The van der Waals surface area contributed by atoms with Crippen LogP contribution in [0.3, 0.4) is 0 Å². The maximum absolute atomic E-state index is 9.90. The summed E-state index contributed by atoms with van der Waals surface area (Å²) < 4.78 is 0. The third-order valence-electron chi connectivity index (χ3n) is 6.99. The quantitative estimate of drug-likeness (QED) is 0.509. The highest BCUT2D eigenvalue weighted by Gasteiger charge is 2.22. The Labute approximate surface area is 204 Å². The van der Waals surface area contributed by atoms with E-state index in [1.165, 1.54) is 5.57 Å². The number of aromatic nitrogens is 3. The van der Waals surface area contributed by atoms with Gasteiger partial charge in [0.2, 0.25) is 5.95 Å². The van der Waals surface area contributed by atoms with Crippen molar-refractivity contribution in [3.05, 3.63) is 35.7 Å². The molecule has 0 amide bonds. The lowest BCUT2D eigenvalue weighted by Gasteiger charge is -2.27. The Balaban J connectivity index is 1.54. The summed E-state index contributed by atoms with van der Waals surface area (Å²) in [6.07, 6.45) is 13.9. The predicted octanol–water partition coefficient (Wildman–Crippen LogP) is 4.96. The molecule has 1 saturated carbocycles. The van der Waals surface area contributed by atoms with Gasteiger partial charge >= 0.3 is 0 Å². The summed E-state index contributed by atoms with van der Waals surface area (Å²) in [6, 6.07) is 4.83. The summed E-state index contributed by atoms with van der Waals surface area (Å²) in [5, 5.41) is 17.0. The minimum absolute atomic E-state index is 0.178. The van der Waals surface area contributed by atoms with Crippen LogP contribution in [0.1, 0.15) is 70.8 Å². The van der Waals surface area contributed by atoms with Crippen molar-refractivity contribution in [3.8, 4) is 11.3 Å². The van der Waals surface area contributed by atoms with E-state index in [0.717, 1.165) is 87.1 Å². The van der Waals surface area contributed by atoms with E-state index in [2.05, 4.69) is 59.6 Å². The number of hydrogen-bond donors (Lipinski definition) is 3. The van der Waals surface area contributed by atoms with Gasteiger partial charge in [0.1, 0.15) is 5.82 Å². The first kappa shape index (κ1) is 24.6. The molecule has 2 aliphatic rings. The molecule has 184 valence electrons. The molecule has 1 saturated heterocycles. The Morgan fingerprint density at radius 2 is 1.88 bits per heavy atom. The van der Waals surface area contributed by atoms with Gasteiger partial charge in [0, 0.05) is 37.6 Å². The SMILES string of the molecule is CCCC(C)Nc1ncc(-c2ccc(C=C3CCN(C)CC3)cn2)c(NC2CCC(O)CC2)n1. The molecular formula is C27H40N6O. The average molecular weight is 465 g/mol. The molecule has 34 heavy (non-hydrogen) atoms. The maximum Gasteiger partial charge on any atom is 0.224 e. The lowest BCUT2D eigenvalue weighted by atomic mass is 9.93. The first-order valence-corrected chi connectivity index (χ1v) is 12.9. The molecule has 1 unspecified atom stereocenters. The normalized spacial score (nSPS) is 22.3. The van der Waals surface area contributed by atoms with Crippen LogP contribution in [0.25, 0.3) is 17.3 Å². The Morgan fingerprint density at radius 3 is 2.56 bits per heavy atom. The van der Waals surface area contributed by atoms with E-state index < -0.39 is 0 Å². The largest absolute Gasteiger partial charge is 0.393 e. The third kappa shape index (κ3) is 6.76. The first-order valence-electron chi connectivity index (χ1n) is 12.9. The molecule has 1 aliphatic heterocycles. The van der Waals surface area contributed by atoms with Gasteiger partial charge in [-0.2, -0.15) is 4.98 Å². The molecule has 7 nitrogen and oxygen atoms in total. The maximum atomic E-state index is 9.90. The fourth-order valence-electron chi connectivity index (χ4n) is 4.82. The number of nitrogens with one attached hydrogen (secondary N) is 2. The molecule has 2 aromatic rings. The number of anilines is 2. The van der Waals surface area contributed by atoms with E-state index in [-0.39, 0.29) is 6.10 Å². The molecule has 1 aliphatic carbocycles. The summed E-state index contributed by atoms with van der Waals surface area (Å²) >= 11 is 0. The highest BCUT2D eigenvalue weighted by atomic mass is 16.3. The molecular weight excluding hydrogens is 424 g/mol. The lowest BCUT2D eigenvalue weighted by molar-refractivity contribution is 0.126. The van der Waals surface area contributed by atoms with Crippen LogP contribution in [0.5, 0.6) is 0 Å². The van der Waals surface area contributed by atoms with Gasteiger partial charge in [-0.3, -0.25) is 4.98 Å². The van der Waals surface area contributed by atoms with Gasteiger partial charge in [-0.1, -0.05) is 31.1 Å². The molecule has 0 radical (unpaired) electrons. The van der Waals surface area contributed by atoms with Gasteiger partial charge in [0.25, 0.3) is 0 Å². The van der Waals surface area contributed by atoms with Crippen LogP contribution in [-0.4, -0.2) is 63.3 Å². The number of hydrogen-bond acceptors (Lipinski definition) is 7. The summed E-state index contributed by atoms with van der Waals surface area (Å²) in [5.41, 5.74) is 4.43. The summed E-state index contributed by atoms with van der Waals surface area (Å²) in [7, 11) is 2.18. The van der Waals surface area contributed by atoms with Crippen LogP contribution in [0, 0.1) is 0 Å². The molecule has 0 bridgehead atoms. The predicted molar refractivity (Wildman–Crippen MR) is 140 cm³/mol. The number of pyridine rings is 1. The van der Waals surface area contributed by atoms with Crippen LogP contribution < -0.4 is 10.6 Å². The smallest absolute Gasteiger partial charge is 0.224 e. The topological polar surface area (TPSA) is 86.2 Å². The van der Waals surface area contributed by atoms with Gasteiger partial charge in [0.05, 0.1) is 17.4 Å². The Morgan fingerprint density at radius 1 is 1.12 bits per heavy atom. The van der Waals surface area contributed by atoms with Crippen molar-refractivity contribution in [1.29, 1.82) is 0 Å². The van der Waals surface area contributed by atoms with E-state index in [1.807, 2.05) is 12.4 Å². The fraction of sp³-hybridized carbons (Fsp3) is 0.593. The van der Waals surface area contributed by atoms with Gasteiger partial charge < -0.3 is 20.6 Å². The monoisotopic (exact) mass is 464 g/mol. The van der Waals surface area contributed by atoms with Crippen molar-refractivity contribution in [2.45, 2.75) is 83.4 Å². The zero-order valence-electron chi connectivity index (χ0n) is 20.9. The number of aliphatic hydroxyl groups is 1. The van der Waals surface area contributed by atoms with Crippen molar-refractivity contribution < 1.29 is 5.11 Å². The standard InChI is InChI=1S/C27H40N6O/c1-4-5-19(2)30-27-29-18-24(26(32-27)31-22-7-9-23(34)10-8-22)25-11-6-21(17-28-25)16-20-12-14-33(3)15-13-20/h6,11,16-19,22-23,34H,4-5,7-10,12-15H2,1-3H3,(H2,29,30,31,32). The van der Waals surface area contributed by atoms with Crippen LogP contribution >= 0.6 is 0 Å². The van der Waals surface area contributed by atoms with E-state index in [4.69, 9.17) is 9.97 Å². The number of piperidine rings is 1. The van der Waals surface area contributed by atoms with E-state index >= 15 is 0 Å². The second-order valence-electron chi connectivity index (χ2n) is 10.0. The van der Waals surface area contributed by atoms with E-state index in [1.54, 1.807) is 0 Å². The van der Waals surface area contributed by atoms with Crippen LogP contribution in [0.2, 0.25) is 0 Å². The minimum atomic E-state index is -0.178. The summed E-state index contributed by atoms with van der Waals surface area (Å²) in [5.74, 6) is 1.46. The molecule has 4 rings (SSSR count). The van der Waals surface area contributed by atoms with Gasteiger partial charge in [-0.15, -0.1) is 0 Å². The van der Waals surface area contributed by atoms with Crippen molar-refractivity contribution in [3.63, 3.8) is 0 Å². The minimum Gasteiger partial charge on any atom is -0.393 e. The Hall–Kier alpha value is -2.51. The van der Waals surface area contributed by atoms with Crippen molar-refractivity contribution in [1.82, 2.24) is 19.9 Å². The molecule has 3 N–H and O–H groups in total. The molecule has 2 fully saturated rings. The highest BCUT2D eigenvalue weighted by Crippen LogP contribution is 2.29. The number of likely N-dealkylation sites (tertiary alicyclic amines) is 1. The second kappa shape index (κ2) is 11.8. The molecule has 0 spiro atoms. The molecule has 2 aromatic heterocycles. The number of rotatable bonds is 8. The highest BCUT2D eigenvalue weighted by molar-refractivity contribution is 5.73. The first-order chi connectivity index (χ1) is 16.5. The summed E-state index contributed by atoms with van der Waals surface area (Å²) in [6.45, 7) is 6.60. The zero-order valence-corrected chi connectivity index (χ0v) is 20.9. The van der Waals surface area contributed by atoms with E-state index in [9.17, 15) is 5.11 Å². The van der Waals surface area contributed by atoms with Crippen LogP contribution in [0.4, 0.5) is 11.8 Å². The summed E-state index contributed by atoms with van der Waals surface area (Å²) in [4.78, 5) is 16.6.